The highest BCUT2D eigenvalue weighted by Gasteiger charge is 2.18. The molecule has 0 saturated heterocycles. The standard InChI is InChI=1S/C22H29FN2O3S/c1-15-13-17(3)21(14-16(15)2)18(4)24-22(26)7-6-12-25(29(5,27)28)20-10-8-19(23)9-11-20/h8-11,13-14,18H,6-7,12H2,1-5H3,(H,24,26). The van der Waals surface area contributed by atoms with Gasteiger partial charge in [0.25, 0.3) is 0 Å². The third-order valence-corrected chi connectivity index (χ3v) is 6.20. The van der Waals surface area contributed by atoms with Gasteiger partial charge in [-0.3, -0.25) is 9.10 Å². The van der Waals surface area contributed by atoms with Crippen molar-refractivity contribution in [3.05, 3.63) is 64.5 Å². The van der Waals surface area contributed by atoms with Crippen LogP contribution in [-0.4, -0.2) is 27.1 Å². The number of hydrogen-bond acceptors (Lipinski definition) is 3. The Balaban J connectivity index is 1.97. The molecule has 2 aromatic rings. The molecule has 29 heavy (non-hydrogen) atoms. The molecule has 0 saturated carbocycles. The van der Waals surface area contributed by atoms with Gasteiger partial charge in [-0.05, 0) is 80.6 Å². The summed E-state index contributed by atoms with van der Waals surface area (Å²) in [5, 5.41) is 2.99. The molecule has 0 aliphatic carbocycles. The number of aryl methyl sites for hydroxylation is 3. The number of nitrogens with one attached hydrogen (secondary N) is 1. The smallest absolute Gasteiger partial charge is 0.232 e. The van der Waals surface area contributed by atoms with E-state index in [4.69, 9.17) is 0 Å². The predicted molar refractivity (Wildman–Crippen MR) is 115 cm³/mol. The Morgan fingerprint density at radius 1 is 1.07 bits per heavy atom. The van der Waals surface area contributed by atoms with E-state index in [0.29, 0.717) is 12.1 Å². The molecule has 0 bridgehead atoms. The van der Waals surface area contributed by atoms with Gasteiger partial charge < -0.3 is 5.32 Å². The second-order valence-corrected chi connectivity index (χ2v) is 9.40. The number of nitrogens with zero attached hydrogens (tertiary/aromatic N) is 1. The Morgan fingerprint density at radius 2 is 1.66 bits per heavy atom. The summed E-state index contributed by atoms with van der Waals surface area (Å²) in [6, 6.07) is 9.34. The Hall–Kier alpha value is -2.41. The van der Waals surface area contributed by atoms with E-state index in [2.05, 4.69) is 24.4 Å². The maximum atomic E-state index is 13.1. The first kappa shape index (κ1) is 22.9. The molecule has 0 spiro atoms. The number of amides is 1. The number of halogens is 1. The van der Waals surface area contributed by atoms with E-state index in [1.165, 1.54) is 39.7 Å². The topological polar surface area (TPSA) is 66.5 Å². The molecule has 1 N–H and O–H groups in total. The normalized spacial score (nSPS) is 12.5. The number of hydrogen-bond donors (Lipinski definition) is 1. The van der Waals surface area contributed by atoms with Crippen LogP contribution in [-0.2, 0) is 14.8 Å². The molecule has 0 aromatic heterocycles. The number of rotatable bonds is 8. The number of carbonyl (C=O) groups is 1. The minimum Gasteiger partial charge on any atom is -0.350 e. The summed E-state index contributed by atoms with van der Waals surface area (Å²) in [5.74, 6) is -0.570. The van der Waals surface area contributed by atoms with E-state index >= 15 is 0 Å². The summed E-state index contributed by atoms with van der Waals surface area (Å²) in [6.07, 6.45) is 1.65. The van der Waals surface area contributed by atoms with Crippen LogP contribution in [0.5, 0.6) is 0 Å². The fourth-order valence-corrected chi connectivity index (χ4v) is 4.28. The number of benzene rings is 2. The highest BCUT2D eigenvalue weighted by atomic mass is 32.2. The SMILES string of the molecule is Cc1cc(C)c(C(C)NC(=O)CCCN(c2ccc(F)cc2)S(C)(=O)=O)cc1C. The van der Waals surface area contributed by atoms with Gasteiger partial charge in [-0.15, -0.1) is 0 Å². The highest BCUT2D eigenvalue weighted by molar-refractivity contribution is 7.92. The van der Waals surface area contributed by atoms with Gasteiger partial charge >= 0.3 is 0 Å². The summed E-state index contributed by atoms with van der Waals surface area (Å²) < 4.78 is 38.5. The van der Waals surface area contributed by atoms with Crippen LogP contribution in [0.1, 0.15) is 48.1 Å². The molecule has 0 aliphatic rings. The lowest BCUT2D eigenvalue weighted by Crippen LogP contribution is -2.32. The fourth-order valence-electron chi connectivity index (χ4n) is 3.32. The van der Waals surface area contributed by atoms with Crippen LogP contribution >= 0.6 is 0 Å². The zero-order chi connectivity index (χ0) is 21.8. The maximum Gasteiger partial charge on any atom is 0.232 e. The predicted octanol–water partition coefficient (Wildman–Crippen LogP) is 4.17. The third kappa shape index (κ3) is 6.29. The Bertz CT molecular complexity index is 972. The lowest BCUT2D eigenvalue weighted by Gasteiger charge is -2.23. The molecular formula is C22H29FN2O3S. The molecule has 158 valence electrons. The van der Waals surface area contributed by atoms with E-state index in [9.17, 15) is 17.6 Å². The maximum absolute atomic E-state index is 13.1. The zero-order valence-corrected chi connectivity index (χ0v) is 18.4. The molecule has 0 heterocycles. The van der Waals surface area contributed by atoms with Crippen LogP contribution in [0, 0.1) is 26.6 Å². The van der Waals surface area contributed by atoms with Crippen LogP contribution in [0.2, 0.25) is 0 Å². The molecule has 5 nitrogen and oxygen atoms in total. The lowest BCUT2D eigenvalue weighted by atomic mass is 9.96. The molecule has 0 radical (unpaired) electrons. The number of carbonyl (C=O) groups excluding carboxylic acids is 1. The van der Waals surface area contributed by atoms with Gasteiger partial charge in [0.15, 0.2) is 0 Å². The second-order valence-electron chi connectivity index (χ2n) is 7.50. The van der Waals surface area contributed by atoms with Gasteiger partial charge in [-0.2, -0.15) is 0 Å². The average molecular weight is 421 g/mol. The van der Waals surface area contributed by atoms with Crippen molar-refractivity contribution in [3.63, 3.8) is 0 Å². The van der Waals surface area contributed by atoms with Crippen LogP contribution in [0.15, 0.2) is 36.4 Å². The molecule has 2 rings (SSSR count). The summed E-state index contributed by atoms with van der Waals surface area (Å²) in [4.78, 5) is 12.4. The zero-order valence-electron chi connectivity index (χ0n) is 17.6. The summed E-state index contributed by atoms with van der Waals surface area (Å²) in [7, 11) is -3.53. The molecule has 7 heteroatoms. The van der Waals surface area contributed by atoms with Crippen molar-refractivity contribution < 1.29 is 17.6 Å². The van der Waals surface area contributed by atoms with Crippen molar-refractivity contribution in [2.24, 2.45) is 0 Å². The molecule has 1 atom stereocenters. The molecule has 0 aliphatic heterocycles. The Kier molecular flexibility index (Phi) is 7.41. The van der Waals surface area contributed by atoms with Gasteiger partial charge in [-0.25, -0.2) is 12.8 Å². The average Bonchev–Trinajstić information content (AvgIpc) is 2.61. The van der Waals surface area contributed by atoms with Gasteiger partial charge in [0.1, 0.15) is 5.82 Å². The van der Waals surface area contributed by atoms with Gasteiger partial charge in [-0.1, -0.05) is 12.1 Å². The molecule has 1 unspecified atom stereocenters. The first-order chi connectivity index (χ1) is 13.5. The van der Waals surface area contributed by atoms with Crippen LogP contribution in [0.25, 0.3) is 0 Å². The van der Waals surface area contributed by atoms with Crippen LogP contribution < -0.4 is 9.62 Å². The van der Waals surface area contributed by atoms with E-state index in [-0.39, 0.29) is 24.9 Å². The summed E-state index contributed by atoms with van der Waals surface area (Å²) >= 11 is 0. The first-order valence-electron chi connectivity index (χ1n) is 9.59. The summed E-state index contributed by atoms with van der Waals surface area (Å²) in [5.41, 5.74) is 4.97. The Labute approximate surface area is 173 Å². The van der Waals surface area contributed by atoms with E-state index in [0.717, 1.165) is 17.4 Å². The fraction of sp³-hybridized carbons (Fsp3) is 0.409. The van der Waals surface area contributed by atoms with Crippen molar-refractivity contribution in [2.45, 2.75) is 46.6 Å². The minimum absolute atomic E-state index is 0.134. The Morgan fingerprint density at radius 3 is 2.24 bits per heavy atom. The molecule has 1 amide bonds. The van der Waals surface area contributed by atoms with Crippen molar-refractivity contribution in [2.75, 3.05) is 17.1 Å². The summed E-state index contributed by atoms with van der Waals surface area (Å²) in [6.45, 7) is 8.22. The third-order valence-electron chi connectivity index (χ3n) is 5.01. The van der Waals surface area contributed by atoms with Gasteiger partial charge in [0.05, 0.1) is 18.0 Å². The second kappa shape index (κ2) is 9.39. The van der Waals surface area contributed by atoms with Gasteiger partial charge in [0.2, 0.25) is 15.9 Å². The first-order valence-corrected chi connectivity index (χ1v) is 11.4. The molecule has 2 aromatic carbocycles. The lowest BCUT2D eigenvalue weighted by molar-refractivity contribution is -0.121. The van der Waals surface area contributed by atoms with E-state index in [1.54, 1.807) is 0 Å². The monoisotopic (exact) mass is 420 g/mol. The largest absolute Gasteiger partial charge is 0.350 e. The molecule has 0 fully saturated rings. The van der Waals surface area contributed by atoms with E-state index < -0.39 is 15.8 Å². The van der Waals surface area contributed by atoms with Crippen molar-refractivity contribution in [1.29, 1.82) is 0 Å². The minimum atomic E-state index is -3.53. The van der Waals surface area contributed by atoms with E-state index in [1.807, 2.05) is 20.8 Å². The van der Waals surface area contributed by atoms with Crippen molar-refractivity contribution in [3.8, 4) is 0 Å². The van der Waals surface area contributed by atoms with Crippen molar-refractivity contribution >= 4 is 21.6 Å². The number of sulfonamides is 1. The quantitative estimate of drug-likeness (QED) is 0.697. The van der Waals surface area contributed by atoms with Gasteiger partial charge in [0, 0.05) is 13.0 Å². The van der Waals surface area contributed by atoms with Crippen LogP contribution in [0.4, 0.5) is 10.1 Å². The van der Waals surface area contributed by atoms with Crippen LogP contribution in [0.3, 0.4) is 0 Å². The van der Waals surface area contributed by atoms with Crippen molar-refractivity contribution in [1.82, 2.24) is 5.32 Å². The number of anilines is 1. The highest BCUT2D eigenvalue weighted by Crippen LogP contribution is 2.22. The molecular weight excluding hydrogens is 391 g/mol.